The van der Waals surface area contributed by atoms with E-state index in [4.69, 9.17) is 4.74 Å². The number of rotatable bonds is 7. The van der Waals surface area contributed by atoms with Gasteiger partial charge < -0.3 is 15.4 Å². The first-order valence-electron chi connectivity index (χ1n) is 9.41. The molecule has 1 aliphatic rings. The predicted molar refractivity (Wildman–Crippen MR) is 106 cm³/mol. The maximum Gasteiger partial charge on any atom is 0.338 e. The largest absolute Gasteiger partial charge is 0.452 e. The molecule has 0 radical (unpaired) electrons. The molecule has 28 heavy (non-hydrogen) atoms. The van der Waals surface area contributed by atoms with E-state index in [-0.39, 0.29) is 11.9 Å². The molecule has 0 heterocycles. The molecule has 146 valence electrons. The van der Waals surface area contributed by atoms with E-state index in [9.17, 15) is 14.4 Å². The van der Waals surface area contributed by atoms with E-state index in [2.05, 4.69) is 24.5 Å². The molecule has 3 rings (SSSR count). The summed E-state index contributed by atoms with van der Waals surface area (Å²) in [6, 6.07) is 14.1. The van der Waals surface area contributed by atoms with E-state index in [1.165, 1.54) is 0 Å². The zero-order valence-electron chi connectivity index (χ0n) is 16.0. The Hall–Kier alpha value is -3.15. The third-order valence-corrected chi connectivity index (χ3v) is 4.51. The number of para-hydroxylation sites is 1. The molecule has 6 nitrogen and oxygen atoms in total. The fourth-order valence-corrected chi connectivity index (χ4v) is 2.69. The minimum atomic E-state index is -0.565. The Kier molecular flexibility index (Phi) is 6.09. The maximum atomic E-state index is 12.3. The van der Waals surface area contributed by atoms with Gasteiger partial charge in [0, 0.05) is 6.04 Å². The first-order valence-corrected chi connectivity index (χ1v) is 9.41. The van der Waals surface area contributed by atoms with E-state index in [0.29, 0.717) is 22.7 Å². The van der Waals surface area contributed by atoms with E-state index < -0.39 is 18.5 Å². The Balaban J connectivity index is 1.55. The molecule has 2 aromatic carbocycles. The SMILES string of the molecule is CC(C)c1ccc(C(=O)OCC(=O)Nc2ccccc2C(=O)NC2CC2)cc1. The Labute approximate surface area is 164 Å². The van der Waals surface area contributed by atoms with Crippen LogP contribution in [0.2, 0.25) is 0 Å². The van der Waals surface area contributed by atoms with Gasteiger partial charge in [-0.05, 0) is 48.6 Å². The molecule has 2 aromatic rings. The Bertz CT molecular complexity index is 870. The Morgan fingerprint density at radius 1 is 1.04 bits per heavy atom. The van der Waals surface area contributed by atoms with Gasteiger partial charge in [0.15, 0.2) is 6.61 Å². The second-order valence-corrected chi connectivity index (χ2v) is 7.19. The molecule has 1 fully saturated rings. The summed E-state index contributed by atoms with van der Waals surface area (Å²) in [4.78, 5) is 36.6. The number of ether oxygens (including phenoxy) is 1. The molecule has 0 bridgehead atoms. The normalized spacial score (nSPS) is 13.1. The number of hydrogen-bond donors (Lipinski definition) is 2. The number of benzene rings is 2. The highest BCUT2D eigenvalue weighted by atomic mass is 16.5. The van der Waals surface area contributed by atoms with Crippen molar-refractivity contribution < 1.29 is 19.1 Å². The zero-order chi connectivity index (χ0) is 20.1. The van der Waals surface area contributed by atoms with Crippen LogP contribution in [0, 0.1) is 0 Å². The molecule has 0 aromatic heterocycles. The molecule has 0 atom stereocenters. The lowest BCUT2D eigenvalue weighted by Gasteiger charge is -2.11. The van der Waals surface area contributed by atoms with Crippen LogP contribution in [0.3, 0.4) is 0 Å². The third kappa shape index (κ3) is 5.19. The van der Waals surface area contributed by atoms with Crippen molar-refractivity contribution in [3.8, 4) is 0 Å². The lowest BCUT2D eigenvalue weighted by atomic mass is 10.0. The third-order valence-electron chi connectivity index (χ3n) is 4.51. The lowest BCUT2D eigenvalue weighted by molar-refractivity contribution is -0.119. The molecule has 1 aliphatic carbocycles. The van der Waals surface area contributed by atoms with Crippen LogP contribution in [0.4, 0.5) is 5.69 Å². The quantitative estimate of drug-likeness (QED) is 0.720. The number of amides is 2. The topological polar surface area (TPSA) is 84.5 Å². The number of carbonyl (C=O) groups excluding carboxylic acids is 3. The monoisotopic (exact) mass is 380 g/mol. The highest BCUT2D eigenvalue weighted by Crippen LogP contribution is 2.21. The molecule has 0 spiro atoms. The van der Waals surface area contributed by atoms with Gasteiger partial charge in [-0.25, -0.2) is 4.79 Å². The van der Waals surface area contributed by atoms with Gasteiger partial charge in [-0.15, -0.1) is 0 Å². The van der Waals surface area contributed by atoms with E-state index in [1.807, 2.05) is 12.1 Å². The lowest BCUT2D eigenvalue weighted by Crippen LogP contribution is -2.28. The van der Waals surface area contributed by atoms with Crippen LogP contribution in [0.1, 0.15) is 58.9 Å². The minimum absolute atomic E-state index is 0.222. The fraction of sp³-hybridized carbons (Fsp3) is 0.318. The average Bonchev–Trinajstić information content (AvgIpc) is 3.50. The van der Waals surface area contributed by atoms with Gasteiger partial charge in [-0.1, -0.05) is 38.1 Å². The van der Waals surface area contributed by atoms with Gasteiger partial charge in [-0.2, -0.15) is 0 Å². The summed E-state index contributed by atoms with van der Waals surface area (Å²) in [6.07, 6.45) is 1.96. The van der Waals surface area contributed by atoms with Crippen LogP contribution < -0.4 is 10.6 Å². The summed E-state index contributed by atoms with van der Waals surface area (Å²) in [5.41, 5.74) is 2.29. The van der Waals surface area contributed by atoms with E-state index in [1.54, 1.807) is 36.4 Å². The second kappa shape index (κ2) is 8.69. The number of nitrogens with one attached hydrogen (secondary N) is 2. The van der Waals surface area contributed by atoms with Crippen LogP contribution in [0.25, 0.3) is 0 Å². The molecule has 2 N–H and O–H groups in total. The first kappa shape index (κ1) is 19.6. The van der Waals surface area contributed by atoms with Gasteiger partial charge in [0.1, 0.15) is 0 Å². The summed E-state index contributed by atoms with van der Waals surface area (Å²) >= 11 is 0. The van der Waals surface area contributed by atoms with Gasteiger partial charge in [0.2, 0.25) is 0 Å². The highest BCUT2D eigenvalue weighted by Gasteiger charge is 2.25. The molecule has 0 unspecified atom stereocenters. The maximum absolute atomic E-state index is 12.3. The first-order chi connectivity index (χ1) is 13.4. The van der Waals surface area contributed by atoms with Gasteiger partial charge in [0.05, 0.1) is 16.8 Å². The van der Waals surface area contributed by atoms with Gasteiger partial charge >= 0.3 is 5.97 Å². The smallest absolute Gasteiger partial charge is 0.338 e. The standard InChI is InChI=1S/C22H24N2O4/c1-14(2)15-7-9-16(10-8-15)22(27)28-13-20(25)24-19-6-4-3-5-18(19)21(26)23-17-11-12-17/h3-10,14,17H,11-13H2,1-2H3,(H,23,26)(H,24,25). The Morgan fingerprint density at radius 2 is 1.71 bits per heavy atom. The predicted octanol–water partition coefficient (Wildman–Crippen LogP) is 3.50. The number of anilines is 1. The zero-order valence-corrected chi connectivity index (χ0v) is 16.0. The summed E-state index contributed by atoms with van der Waals surface area (Å²) in [5.74, 6) is -0.919. The van der Waals surface area contributed by atoms with Crippen LogP contribution in [-0.4, -0.2) is 30.4 Å². The average molecular weight is 380 g/mol. The fourth-order valence-electron chi connectivity index (χ4n) is 2.69. The summed E-state index contributed by atoms with van der Waals surface area (Å²) in [5, 5.41) is 5.53. The summed E-state index contributed by atoms with van der Waals surface area (Å²) in [7, 11) is 0. The molecular formula is C22H24N2O4. The summed E-state index contributed by atoms with van der Waals surface area (Å²) in [6.45, 7) is 3.71. The van der Waals surface area contributed by atoms with Crippen molar-refractivity contribution in [2.45, 2.75) is 38.6 Å². The van der Waals surface area contributed by atoms with Crippen molar-refractivity contribution >= 4 is 23.5 Å². The number of hydrogen-bond acceptors (Lipinski definition) is 4. The van der Waals surface area contributed by atoms with E-state index in [0.717, 1.165) is 18.4 Å². The van der Waals surface area contributed by atoms with Crippen molar-refractivity contribution in [2.24, 2.45) is 0 Å². The van der Waals surface area contributed by atoms with Crippen molar-refractivity contribution in [1.82, 2.24) is 5.32 Å². The highest BCUT2D eigenvalue weighted by molar-refractivity contribution is 6.04. The molecule has 1 saturated carbocycles. The van der Waals surface area contributed by atoms with Gasteiger partial charge in [-0.3, -0.25) is 9.59 Å². The van der Waals surface area contributed by atoms with E-state index >= 15 is 0 Å². The molecule has 6 heteroatoms. The molecular weight excluding hydrogens is 356 g/mol. The van der Waals surface area contributed by atoms with Crippen molar-refractivity contribution in [1.29, 1.82) is 0 Å². The molecule has 0 aliphatic heterocycles. The van der Waals surface area contributed by atoms with Crippen LogP contribution in [0.15, 0.2) is 48.5 Å². The second-order valence-electron chi connectivity index (χ2n) is 7.19. The van der Waals surface area contributed by atoms with Crippen LogP contribution in [-0.2, 0) is 9.53 Å². The molecule has 0 saturated heterocycles. The van der Waals surface area contributed by atoms with Crippen molar-refractivity contribution in [3.05, 3.63) is 65.2 Å². The number of carbonyl (C=O) groups is 3. The van der Waals surface area contributed by atoms with Crippen molar-refractivity contribution in [3.63, 3.8) is 0 Å². The van der Waals surface area contributed by atoms with Gasteiger partial charge in [0.25, 0.3) is 11.8 Å². The van der Waals surface area contributed by atoms with Crippen LogP contribution in [0.5, 0.6) is 0 Å². The summed E-state index contributed by atoms with van der Waals surface area (Å²) < 4.78 is 5.09. The minimum Gasteiger partial charge on any atom is -0.452 e. The number of esters is 1. The Morgan fingerprint density at radius 3 is 2.36 bits per heavy atom. The van der Waals surface area contributed by atoms with Crippen LogP contribution >= 0.6 is 0 Å². The molecule has 2 amide bonds. The van der Waals surface area contributed by atoms with Crippen molar-refractivity contribution in [2.75, 3.05) is 11.9 Å².